The molecule has 1 amide bonds. The normalized spacial score (nSPS) is 11.3. The van der Waals surface area contributed by atoms with E-state index in [1.165, 1.54) is 0 Å². The topological polar surface area (TPSA) is 49.3 Å². The zero-order valence-corrected chi connectivity index (χ0v) is 8.53. The lowest BCUT2D eigenvalue weighted by Crippen LogP contribution is -2.44. The Morgan fingerprint density at radius 2 is 2.17 bits per heavy atom. The van der Waals surface area contributed by atoms with Gasteiger partial charge in [0.1, 0.15) is 0 Å². The van der Waals surface area contributed by atoms with Crippen LogP contribution in [0.1, 0.15) is 26.7 Å². The molecule has 0 spiro atoms. The summed E-state index contributed by atoms with van der Waals surface area (Å²) in [7, 11) is 0. The first-order valence-corrected chi connectivity index (χ1v) is 4.68. The summed E-state index contributed by atoms with van der Waals surface area (Å²) in [5, 5.41) is 11.5. The third kappa shape index (κ3) is 5.43. The summed E-state index contributed by atoms with van der Waals surface area (Å²) in [4.78, 5) is 11.1. The number of aliphatic hydroxyl groups excluding tert-OH is 1. The van der Waals surface area contributed by atoms with E-state index in [0.717, 1.165) is 0 Å². The van der Waals surface area contributed by atoms with Crippen molar-refractivity contribution in [2.45, 2.75) is 32.2 Å². The molecule has 0 aromatic carbocycles. The van der Waals surface area contributed by atoms with Crippen molar-refractivity contribution in [1.82, 2.24) is 5.32 Å². The van der Waals surface area contributed by atoms with E-state index in [1.54, 1.807) is 0 Å². The third-order valence-electron chi connectivity index (χ3n) is 1.55. The van der Waals surface area contributed by atoms with Gasteiger partial charge >= 0.3 is 0 Å². The van der Waals surface area contributed by atoms with Gasteiger partial charge in [0.2, 0.25) is 5.91 Å². The predicted octanol–water partition coefficient (Wildman–Crippen LogP) is 0.583. The molecular formula is C8H17NO2S. The van der Waals surface area contributed by atoms with Crippen LogP contribution in [0.4, 0.5) is 0 Å². The molecule has 0 fully saturated rings. The maximum Gasteiger partial charge on any atom is 0.221 e. The summed E-state index contributed by atoms with van der Waals surface area (Å²) >= 11 is 3.95. The van der Waals surface area contributed by atoms with Crippen molar-refractivity contribution < 1.29 is 9.90 Å². The van der Waals surface area contributed by atoms with Crippen molar-refractivity contribution >= 4 is 18.5 Å². The lowest BCUT2D eigenvalue weighted by Gasteiger charge is -2.25. The van der Waals surface area contributed by atoms with Crippen LogP contribution < -0.4 is 5.32 Å². The van der Waals surface area contributed by atoms with Gasteiger partial charge in [0.05, 0.1) is 0 Å². The second-order valence-electron chi connectivity index (χ2n) is 3.38. The van der Waals surface area contributed by atoms with Crippen molar-refractivity contribution in [2.24, 2.45) is 0 Å². The molecule has 72 valence electrons. The fourth-order valence-corrected chi connectivity index (χ4v) is 1.09. The van der Waals surface area contributed by atoms with Crippen molar-refractivity contribution in [3.8, 4) is 0 Å². The van der Waals surface area contributed by atoms with Gasteiger partial charge in [-0.2, -0.15) is 12.6 Å². The Bertz CT molecular complexity index is 148. The van der Waals surface area contributed by atoms with Crippen LogP contribution >= 0.6 is 12.6 Å². The van der Waals surface area contributed by atoms with E-state index < -0.39 is 0 Å². The Morgan fingerprint density at radius 1 is 1.58 bits per heavy atom. The first-order chi connectivity index (χ1) is 5.52. The standard InChI is InChI=1S/C8H17NO2S/c1-8(2,4-5-10)9-7(11)3-6-12/h10,12H,3-6H2,1-2H3,(H,9,11). The molecule has 0 aromatic heterocycles. The number of carbonyl (C=O) groups excluding carboxylic acids is 1. The molecule has 0 heterocycles. The van der Waals surface area contributed by atoms with E-state index in [1.807, 2.05) is 13.8 Å². The molecule has 3 nitrogen and oxygen atoms in total. The highest BCUT2D eigenvalue weighted by atomic mass is 32.1. The Hall–Kier alpha value is -0.220. The fraction of sp³-hybridized carbons (Fsp3) is 0.875. The number of hydrogen-bond acceptors (Lipinski definition) is 3. The minimum Gasteiger partial charge on any atom is -0.396 e. The Labute approximate surface area is 79.0 Å². The van der Waals surface area contributed by atoms with E-state index >= 15 is 0 Å². The maximum absolute atomic E-state index is 11.1. The van der Waals surface area contributed by atoms with E-state index in [0.29, 0.717) is 18.6 Å². The van der Waals surface area contributed by atoms with Crippen LogP contribution in [-0.2, 0) is 4.79 Å². The summed E-state index contributed by atoms with van der Waals surface area (Å²) in [6.07, 6.45) is 1.00. The monoisotopic (exact) mass is 191 g/mol. The highest BCUT2D eigenvalue weighted by molar-refractivity contribution is 7.80. The molecule has 0 unspecified atom stereocenters. The van der Waals surface area contributed by atoms with Gasteiger partial charge in [-0.25, -0.2) is 0 Å². The summed E-state index contributed by atoms with van der Waals surface area (Å²) in [5.41, 5.74) is -0.311. The molecule has 0 saturated carbocycles. The average molecular weight is 191 g/mol. The minimum absolute atomic E-state index is 0.0107. The van der Waals surface area contributed by atoms with Gasteiger partial charge in [-0.15, -0.1) is 0 Å². The minimum atomic E-state index is -0.311. The van der Waals surface area contributed by atoms with E-state index in [9.17, 15) is 4.79 Å². The van der Waals surface area contributed by atoms with Gasteiger partial charge in [-0.05, 0) is 26.0 Å². The fourth-order valence-electron chi connectivity index (χ4n) is 0.883. The molecule has 0 bridgehead atoms. The molecule has 0 aliphatic heterocycles. The lowest BCUT2D eigenvalue weighted by atomic mass is 10.0. The van der Waals surface area contributed by atoms with Crippen molar-refractivity contribution in [3.05, 3.63) is 0 Å². The van der Waals surface area contributed by atoms with Crippen molar-refractivity contribution in [1.29, 1.82) is 0 Å². The number of thiol groups is 1. The van der Waals surface area contributed by atoms with Gasteiger partial charge in [-0.1, -0.05) is 0 Å². The van der Waals surface area contributed by atoms with Gasteiger partial charge in [0, 0.05) is 18.6 Å². The molecule has 12 heavy (non-hydrogen) atoms. The first-order valence-electron chi connectivity index (χ1n) is 4.04. The van der Waals surface area contributed by atoms with Crippen LogP contribution in [-0.4, -0.2) is 28.9 Å². The molecule has 0 aromatic rings. The number of amides is 1. The number of carbonyl (C=O) groups is 1. The number of rotatable bonds is 5. The van der Waals surface area contributed by atoms with Crippen LogP contribution in [0.25, 0.3) is 0 Å². The molecule has 0 rings (SSSR count). The molecule has 0 aliphatic rings. The van der Waals surface area contributed by atoms with Gasteiger partial charge in [0.15, 0.2) is 0 Å². The van der Waals surface area contributed by atoms with Crippen molar-refractivity contribution in [2.75, 3.05) is 12.4 Å². The lowest BCUT2D eigenvalue weighted by molar-refractivity contribution is -0.122. The van der Waals surface area contributed by atoms with E-state index in [2.05, 4.69) is 17.9 Å². The molecule has 0 radical (unpaired) electrons. The summed E-state index contributed by atoms with van der Waals surface area (Å²) in [6.45, 7) is 3.87. The van der Waals surface area contributed by atoms with Crippen LogP contribution in [0.15, 0.2) is 0 Å². The van der Waals surface area contributed by atoms with Gasteiger partial charge in [-0.3, -0.25) is 4.79 Å². The number of hydrogen-bond donors (Lipinski definition) is 3. The van der Waals surface area contributed by atoms with Gasteiger partial charge < -0.3 is 10.4 Å². The largest absolute Gasteiger partial charge is 0.396 e. The average Bonchev–Trinajstić information content (AvgIpc) is 1.85. The highest BCUT2D eigenvalue weighted by Gasteiger charge is 2.18. The smallest absolute Gasteiger partial charge is 0.221 e. The zero-order valence-electron chi connectivity index (χ0n) is 7.63. The second kappa shape index (κ2) is 5.43. The predicted molar refractivity (Wildman–Crippen MR) is 52.4 cm³/mol. The van der Waals surface area contributed by atoms with Crippen LogP contribution in [0, 0.1) is 0 Å². The second-order valence-corrected chi connectivity index (χ2v) is 3.83. The van der Waals surface area contributed by atoms with Gasteiger partial charge in [0.25, 0.3) is 0 Å². The molecular weight excluding hydrogens is 174 g/mol. The van der Waals surface area contributed by atoms with Crippen LogP contribution in [0.2, 0.25) is 0 Å². The molecule has 2 N–H and O–H groups in total. The Morgan fingerprint density at radius 3 is 2.58 bits per heavy atom. The number of aliphatic hydroxyl groups is 1. The quantitative estimate of drug-likeness (QED) is 0.557. The molecule has 0 aliphatic carbocycles. The van der Waals surface area contributed by atoms with Crippen LogP contribution in [0.5, 0.6) is 0 Å². The maximum atomic E-state index is 11.1. The highest BCUT2D eigenvalue weighted by Crippen LogP contribution is 2.07. The first kappa shape index (κ1) is 11.8. The van der Waals surface area contributed by atoms with E-state index in [-0.39, 0.29) is 18.1 Å². The summed E-state index contributed by atoms with van der Waals surface area (Å²) in [5.74, 6) is 0.546. The molecule has 4 heteroatoms. The Kier molecular flexibility index (Phi) is 5.33. The molecule has 0 atom stereocenters. The zero-order chi connectivity index (χ0) is 9.61. The Balaban J connectivity index is 3.79. The van der Waals surface area contributed by atoms with Crippen LogP contribution in [0.3, 0.4) is 0 Å². The number of nitrogens with one attached hydrogen (secondary N) is 1. The molecule has 0 saturated heterocycles. The summed E-state index contributed by atoms with van der Waals surface area (Å²) < 4.78 is 0. The van der Waals surface area contributed by atoms with E-state index in [4.69, 9.17) is 5.11 Å². The third-order valence-corrected chi connectivity index (χ3v) is 1.78. The van der Waals surface area contributed by atoms with Crippen molar-refractivity contribution in [3.63, 3.8) is 0 Å². The summed E-state index contributed by atoms with van der Waals surface area (Å²) in [6, 6.07) is 0. The SMILES string of the molecule is CC(C)(CCO)NC(=O)CCS.